The number of ether oxygens (including phenoxy) is 1. The van der Waals surface area contributed by atoms with Crippen molar-refractivity contribution in [2.75, 3.05) is 10.0 Å². The number of sulfonamides is 1. The molecule has 0 radical (unpaired) electrons. The van der Waals surface area contributed by atoms with E-state index in [2.05, 4.69) is 10.0 Å². The fraction of sp³-hybridized carbons (Fsp3) is 0.240. The van der Waals surface area contributed by atoms with E-state index >= 15 is 0 Å². The molecule has 3 aromatic rings. The summed E-state index contributed by atoms with van der Waals surface area (Å²) in [6, 6.07) is 18.4. The van der Waals surface area contributed by atoms with Crippen LogP contribution in [0.5, 0.6) is 5.75 Å². The Bertz CT molecular complexity index is 1200. The Morgan fingerprint density at radius 1 is 0.938 bits per heavy atom. The summed E-state index contributed by atoms with van der Waals surface area (Å²) in [4.78, 5) is 12.7. The van der Waals surface area contributed by atoms with Crippen LogP contribution in [0.25, 0.3) is 0 Å². The van der Waals surface area contributed by atoms with E-state index in [4.69, 9.17) is 4.74 Å². The van der Waals surface area contributed by atoms with Crippen LogP contribution in [0.2, 0.25) is 0 Å². The van der Waals surface area contributed by atoms with Gasteiger partial charge in [-0.15, -0.1) is 0 Å². The second kappa shape index (κ2) is 9.87. The van der Waals surface area contributed by atoms with E-state index in [0.29, 0.717) is 22.7 Å². The molecule has 0 aliphatic heterocycles. The Balaban J connectivity index is 1.69. The zero-order chi connectivity index (χ0) is 23.3. The first-order valence-electron chi connectivity index (χ1n) is 10.5. The van der Waals surface area contributed by atoms with Crippen LogP contribution in [0, 0.1) is 13.8 Å². The van der Waals surface area contributed by atoms with Gasteiger partial charge in [0.2, 0.25) is 0 Å². The SMILES string of the molecule is CCC(C)Oc1cccc(C(=O)Nc2ccc(S(=O)(=O)Nc3ccc(C)c(C)c3)cc2)c1. The summed E-state index contributed by atoms with van der Waals surface area (Å²) < 4.78 is 33.7. The van der Waals surface area contributed by atoms with Crippen molar-refractivity contribution in [2.24, 2.45) is 0 Å². The average molecular weight is 453 g/mol. The maximum Gasteiger partial charge on any atom is 0.261 e. The summed E-state index contributed by atoms with van der Waals surface area (Å²) in [6.45, 7) is 7.89. The number of amides is 1. The zero-order valence-electron chi connectivity index (χ0n) is 18.7. The van der Waals surface area contributed by atoms with Crippen LogP contribution in [0.4, 0.5) is 11.4 Å². The minimum atomic E-state index is -3.74. The van der Waals surface area contributed by atoms with Crippen molar-refractivity contribution in [1.29, 1.82) is 0 Å². The van der Waals surface area contributed by atoms with Crippen molar-refractivity contribution < 1.29 is 17.9 Å². The standard InChI is InChI=1S/C25H28N2O4S/c1-5-19(4)31-23-8-6-7-20(16-23)25(28)26-21-11-13-24(14-12-21)32(29,30)27-22-10-9-17(2)18(3)15-22/h6-16,19,27H,5H2,1-4H3,(H,26,28). The Morgan fingerprint density at radius 2 is 1.62 bits per heavy atom. The number of rotatable bonds is 8. The highest BCUT2D eigenvalue weighted by Crippen LogP contribution is 2.21. The van der Waals surface area contributed by atoms with Crippen molar-refractivity contribution in [3.05, 3.63) is 83.4 Å². The van der Waals surface area contributed by atoms with Gasteiger partial charge >= 0.3 is 0 Å². The molecular weight excluding hydrogens is 424 g/mol. The molecule has 0 spiro atoms. The van der Waals surface area contributed by atoms with E-state index in [0.717, 1.165) is 17.5 Å². The summed E-state index contributed by atoms with van der Waals surface area (Å²) >= 11 is 0. The third-order valence-electron chi connectivity index (χ3n) is 5.19. The highest BCUT2D eigenvalue weighted by molar-refractivity contribution is 7.92. The van der Waals surface area contributed by atoms with E-state index in [1.54, 1.807) is 42.5 Å². The lowest BCUT2D eigenvalue weighted by Crippen LogP contribution is -2.15. The van der Waals surface area contributed by atoms with Crippen molar-refractivity contribution >= 4 is 27.3 Å². The third-order valence-corrected chi connectivity index (χ3v) is 6.59. The van der Waals surface area contributed by atoms with Gasteiger partial charge in [0.1, 0.15) is 5.75 Å². The van der Waals surface area contributed by atoms with Crippen LogP contribution in [0.3, 0.4) is 0 Å². The molecule has 2 N–H and O–H groups in total. The molecule has 0 saturated carbocycles. The molecule has 0 aliphatic rings. The zero-order valence-corrected chi connectivity index (χ0v) is 19.5. The Hall–Kier alpha value is -3.32. The number of anilines is 2. The summed E-state index contributed by atoms with van der Waals surface area (Å²) in [5, 5.41) is 2.79. The molecule has 3 rings (SSSR count). The van der Waals surface area contributed by atoms with Crippen LogP contribution in [-0.4, -0.2) is 20.4 Å². The number of aryl methyl sites for hydroxylation is 2. The summed E-state index contributed by atoms with van der Waals surface area (Å²) in [5.74, 6) is 0.328. The van der Waals surface area contributed by atoms with Crippen molar-refractivity contribution in [1.82, 2.24) is 0 Å². The summed E-state index contributed by atoms with van der Waals surface area (Å²) in [6.07, 6.45) is 0.921. The lowest BCUT2D eigenvalue weighted by atomic mass is 10.1. The average Bonchev–Trinajstić information content (AvgIpc) is 2.76. The van der Waals surface area contributed by atoms with Gasteiger partial charge in [-0.2, -0.15) is 0 Å². The van der Waals surface area contributed by atoms with E-state index < -0.39 is 10.0 Å². The first-order chi connectivity index (χ1) is 15.2. The molecule has 7 heteroatoms. The summed E-state index contributed by atoms with van der Waals surface area (Å²) in [7, 11) is -3.74. The van der Waals surface area contributed by atoms with Gasteiger partial charge in [-0.25, -0.2) is 8.42 Å². The second-order valence-corrected chi connectivity index (χ2v) is 9.43. The highest BCUT2D eigenvalue weighted by Gasteiger charge is 2.15. The molecule has 32 heavy (non-hydrogen) atoms. The van der Waals surface area contributed by atoms with Gasteiger partial charge in [0, 0.05) is 16.9 Å². The van der Waals surface area contributed by atoms with Gasteiger partial charge in [0.05, 0.1) is 11.0 Å². The topological polar surface area (TPSA) is 84.5 Å². The lowest BCUT2D eigenvalue weighted by molar-refractivity contribution is 0.102. The Kier molecular flexibility index (Phi) is 7.20. The number of carbonyl (C=O) groups excluding carboxylic acids is 1. The first-order valence-corrected chi connectivity index (χ1v) is 11.9. The number of hydrogen-bond acceptors (Lipinski definition) is 4. The quantitative estimate of drug-likeness (QED) is 0.470. The number of hydrogen-bond donors (Lipinski definition) is 2. The minimum Gasteiger partial charge on any atom is -0.491 e. The fourth-order valence-corrected chi connectivity index (χ4v) is 4.02. The molecule has 0 fully saturated rings. The van der Waals surface area contributed by atoms with Gasteiger partial charge in [-0.05, 0) is 92.9 Å². The summed E-state index contributed by atoms with van der Waals surface area (Å²) in [5.41, 5.74) is 3.55. The van der Waals surface area contributed by atoms with Crippen molar-refractivity contribution in [3.63, 3.8) is 0 Å². The smallest absolute Gasteiger partial charge is 0.261 e. The molecule has 0 saturated heterocycles. The molecule has 1 unspecified atom stereocenters. The van der Waals surface area contributed by atoms with E-state index in [1.165, 1.54) is 12.1 Å². The first kappa shape index (κ1) is 23.3. The molecular formula is C25H28N2O4S. The third kappa shape index (κ3) is 5.88. The molecule has 1 amide bonds. The Labute approximate surface area is 189 Å². The van der Waals surface area contributed by atoms with E-state index in [9.17, 15) is 13.2 Å². The fourth-order valence-electron chi connectivity index (χ4n) is 2.97. The predicted octanol–water partition coefficient (Wildman–Crippen LogP) is 5.53. The van der Waals surface area contributed by atoms with Gasteiger partial charge in [0.25, 0.3) is 15.9 Å². The molecule has 6 nitrogen and oxygen atoms in total. The highest BCUT2D eigenvalue weighted by atomic mass is 32.2. The number of benzene rings is 3. The molecule has 0 bridgehead atoms. The predicted molar refractivity (Wildman–Crippen MR) is 128 cm³/mol. The van der Waals surface area contributed by atoms with Gasteiger partial charge in [-0.1, -0.05) is 19.1 Å². The molecule has 0 aliphatic carbocycles. The lowest BCUT2D eigenvalue weighted by Gasteiger charge is -2.13. The van der Waals surface area contributed by atoms with E-state index in [-0.39, 0.29) is 16.9 Å². The second-order valence-electron chi connectivity index (χ2n) is 7.75. The van der Waals surface area contributed by atoms with Gasteiger partial charge < -0.3 is 10.1 Å². The molecule has 0 heterocycles. The molecule has 0 aromatic heterocycles. The van der Waals surface area contributed by atoms with Crippen LogP contribution < -0.4 is 14.8 Å². The number of nitrogens with one attached hydrogen (secondary N) is 2. The Morgan fingerprint density at radius 3 is 2.28 bits per heavy atom. The van der Waals surface area contributed by atoms with Gasteiger partial charge in [-0.3, -0.25) is 9.52 Å². The minimum absolute atomic E-state index is 0.0558. The molecule has 3 aromatic carbocycles. The van der Waals surface area contributed by atoms with Crippen molar-refractivity contribution in [2.45, 2.75) is 45.1 Å². The van der Waals surface area contributed by atoms with Crippen LogP contribution in [0.1, 0.15) is 41.8 Å². The maximum atomic E-state index is 12.7. The van der Waals surface area contributed by atoms with Crippen LogP contribution in [0.15, 0.2) is 71.6 Å². The largest absolute Gasteiger partial charge is 0.491 e. The maximum absolute atomic E-state index is 12.7. The number of carbonyl (C=O) groups is 1. The van der Waals surface area contributed by atoms with Crippen LogP contribution >= 0.6 is 0 Å². The molecule has 168 valence electrons. The monoisotopic (exact) mass is 452 g/mol. The van der Waals surface area contributed by atoms with Gasteiger partial charge in [0.15, 0.2) is 0 Å². The molecule has 1 atom stereocenters. The van der Waals surface area contributed by atoms with Crippen molar-refractivity contribution in [3.8, 4) is 5.75 Å². The normalized spacial score (nSPS) is 12.1. The van der Waals surface area contributed by atoms with Crippen LogP contribution in [-0.2, 0) is 10.0 Å². The van der Waals surface area contributed by atoms with E-state index in [1.807, 2.05) is 39.8 Å².